The standard InChI is InChI=1S/C17H12FN3O/c18-14-8-4-5-9-15(14)21-17(22)13-10-19-11-20-16(13)12-6-2-1-3-7-12/h1-11H,(H,21,22). The second kappa shape index (κ2) is 6.13. The highest BCUT2D eigenvalue weighted by molar-refractivity contribution is 6.07. The number of hydrogen-bond acceptors (Lipinski definition) is 3. The molecule has 1 amide bonds. The first-order valence-corrected chi connectivity index (χ1v) is 6.67. The quantitative estimate of drug-likeness (QED) is 0.803. The predicted molar refractivity (Wildman–Crippen MR) is 81.8 cm³/mol. The van der Waals surface area contributed by atoms with E-state index in [1.807, 2.05) is 30.3 Å². The molecule has 2 aromatic carbocycles. The van der Waals surface area contributed by atoms with Crippen molar-refractivity contribution in [1.29, 1.82) is 0 Å². The predicted octanol–water partition coefficient (Wildman–Crippen LogP) is 3.54. The summed E-state index contributed by atoms with van der Waals surface area (Å²) in [4.78, 5) is 20.5. The minimum absolute atomic E-state index is 0.121. The maximum Gasteiger partial charge on any atom is 0.259 e. The third kappa shape index (κ3) is 2.83. The van der Waals surface area contributed by atoms with Gasteiger partial charge in [0.2, 0.25) is 0 Å². The number of anilines is 1. The fourth-order valence-corrected chi connectivity index (χ4v) is 2.07. The lowest BCUT2D eigenvalue weighted by molar-refractivity contribution is 0.102. The average molecular weight is 293 g/mol. The fourth-order valence-electron chi connectivity index (χ4n) is 2.07. The maximum atomic E-state index is 13.6. The van der Waals surface area contributed by atoms with Gasteiger partial charge < -0.3 is 5.32 Å². The van der Waals surface area contributed by atoms with Crippen molar-refractivity contribution in [2.45, 2.75) is 0 Å². The molecular weight excluding hydrogens is 281 g/mol. The molecule has 0 spiro atoms. The van der Waals surface area contributed by atoms with Gasteiger partial charge in [-0.1, -0.05) is 42.5 Å². The van der Waals surface area contributed by atoms with Gasteiger partial charge in [-0.25, -0.2) is 14.4 Å². The molecule has 1 N–H and O–H groups in total. The molecule has 22 heavy (non-hydrogen) atoms. The Balaban J connectivity index is 1.96. The van der Waals surface area contributed by atoms with Crippen LogP contribution in [-0.4, -0.2) is 15.9 Å². The lowest BCUT2D eigenvalue weighted by atomic mass is 10.1. The van der Waals surface area contributed by atoms with Gasteiger partial charge in [-0.2, -0.15) is 0 Å². The van der Waals surface area contributed by atoms with E-state index < -0.39 is 11.7 Å². The third-order valence-electron chi connectivity index (χ3n) is 3.13. The minimum Gasteiger partial charge on any atom is -0.319 e. The molecule has 0 atom stereocenters. The molecular formula is C17H12FN3O. The molecule has 1 heterocycles. The normalized spacial score (nSPS) is 10.2. The molecule has 0 unspecified atom stereocenters. The Morgan fingerprint density at radius 3 is 2.50 bits per heavy atom. The van der Waals surface area contributed by atoms with E-state index in [9.17, 15) is 9.18 Å². The Labute approximate surface area is 126 Å². The number of carbonyl (C=O) groups excluding carboxylic acids is 1. The second-order valence-corrected chi connectivity index (χ2v) is 4.59. The van der Waals surface area contributed by atoms with Crippen molar-refractivity contribution in [1.82, 2.24) is 9.97 Å². The SMILES string of the molecule is O=C(Nc1ccccc1F)c1cncnc1-c1ccccc1. The number of nitrogens with one attached hydrogen (secondary N) is 1. The zero-order chi connectivity index (χ0) is 15.4. The van der Waals surface area contributed by atoms with Crippen molar-refractivity contribution in [3.63, 3.8) is 0 Å². The van der Waals surface area contributed by atoms with Crippen molar-refractivity contribution in [2.75, 3.05) is 5.32 Å². The van der Waals surface area contributed by atoms with Crippen LogP contribution >= 0.6 is 0 Å². The summed E-state index contributed by atoms with van der Waals surface area (Å²) in [5.74, 6) is -0.946. The van der Waals surface area contributed by atoms with Gasteiger partial charge in [-0.05, 0) is 12.1 Å². The monoisotopic (exact) mass is 293 g/mol. The van der Waals surface area contributed by atoms with Crippen LogP contribution in [0.2, 0.25) is 0 Å². The molecule has 0 radical (unpaired) electrons. The highest BCUT2D eigenvalue weighted by atomic mass is 19.1. The summed E-state index contributed by atoms with van der Waals surface area (Å²) in [6.07, 6.45) is 2.80. The minimum atomic E-state index is -0.492. The molecule has 0 aliphatic rings. The van der Waals surface area contributed by atoms with Crippen molar-refractivity contribution in [2.24, 2.45) is 0 Å². The van der Waals surface area contributed by atoms with Crippen LogP contribution in [0.1, 0.15) is 10.4 Å². The molecule has 0 fully saturated rings. The fraction of sp³-hybridized carbons (Fsp3) is 0. The van der Waals surface area contributed by atoms with Gasteiger partial charge in [-0.15, -0.1) is 0 Å². The zero-order valence-corrected chi connectivity index (χ0v) is 11.5. The number of hydrogen-bond donors (Lipinski definition) is 1. The molecule has 1 aromatic heterocycles. The van der Waals surface area contributed by atoms with E-state index in [1.165, 1.54) is 24.7 Å². The number of carbonyl (C=O) groups is 1. The van der Waals surface area contributed by atoms with Crippen molar-refractivity contribution in [3.05, 3.63) is 78.5 Å². The number of amides is 1. The summed E-state index contributed by atoms with van der Waals surface area (Å²) < 4.78 is 13.6. The second-order valence-electron chi connectivity index (χ2n) is 4.59. The summed E-state index contributed by atoms with van der Waals surface area (Å²) in [7, 11) is 0. The first-order valence-electron chi connectivity index (χ1n) is 6.67. The van der Waals surface area contributed by atoms with Crippen LogP contribution in [0.5, 0.6) is 0 Å². The van der Waals surface area contributed by atoms with Crippen molar-refractivity contribution in [3.8, 4) is 11.3 Å². The van der Waals surface area contributed by atoms with E-state index in [0.717, 1.165) is 5.56 Å². The Bertz CT molecular complexity index is 806. The zero-order valence-electron chi connectivity index (χ0n) is 11.5. The van der Waals surface area contributed by atoms with Crippen LogP contribution in [-0.2, 0) is 0 Å². The first-order chi connectivity index (χ1) is 10.8. The summed E-state index contributed by atoms with van der Waals surface area (Å²) in [6.45, 7) is 0. The molecule has 3 rings (SSSR count). The smallest absolute Gasteiger partial charge is 0.259 e. The molecule has 0 aliphatic heterocycles. The van der Waals surface area contributed by atoms with Gasteiger partial charge in [-0.3, -0.25) is 4.79 Å². The van der Waals surface area contributed by atoms with E-state index >= 15 is 0 Å². The van der Waals surface area contributed by atoms with Gasteiger partial charge in [0, 0.05) is 11.8 Å². The summed E-state index contributed by atoms with van der Waals surface area (Å²) in [6, 6.07) is 15.3. The van der Waals surface area contributed by atoms with Crippen molar-refractivity contribution >= 4 is 11.6 Å². The molecule has 3 aromatic rings. The van der Waals surface area contributed by atoms with Crippen LogP contribution in [0, 0.1) is 5.82 Å². The van der Waals surface area contributed by atoms with Gasteiger partial charge in [0.05, 0.1) is 16.9 Å². The topological polar surface area (TPSA) is 54.9 Å². The van der Waals surface area contributed by atoms with Crippen LogP contribution in [0.25, 0.3) is 11.3 Å². The molecule has 5 heteroatoms. The number of benzene rings is 2. The average Bonchev–Trinajstić information content (AvgIpc) is 2.58. The summed E-state index contributed by atoms with van der Waals surface area (Å²) in [5, 5.41) is 2.54. The van der Waals surface area contributed by atoms with E-state index in [4.69, 9.17) is 0 Å². The number of aromatic nitrogens is 2. The highest BCUT2D eigenvalue weighted by Gasteiger charge is 2.15. The third-order valence-corrected chi connectivity index (χ3v) is 3.13. The Kier molecular flexibility index (Phi) is 3.87. The van der Waals surface area contributed by atoms with E-state index in [2.05, 4.69) is 15.3 Å². The van der Waals surface area contributed by atoms with Crippen LogP contribution in [0.15, 0.2) is 67.1 Å². The van der Waals surface area contributed by atoms with Crippen LogP contribution in [0.4, 0.5) is 10.1 Å². The molecule has 108 valence electrons. The Morgan fingerprint density at radius 1 is 1.00 bits per heavy atom. The molecule has 0 saturated carbocycles. The van der Waals surface area contributed by atoms with E-state index in [1.54, 1.807) is 12.1 Å². The van der Waals surface area contributed by atoms with Crippen LogP contribution in [0.3, 0.4) is 0 Å². The number of halogens is 1. The Morgan fingerprint density at radius 2 is 1.73 bits per heavy atom. The number of para-hydroxylation sites is 1. The van der Waals surface area contributed by atoms with E-state index in [0.29, 0.717) is 5.69 Å². The van der Waals surface area contributed by atoms with Gasteiger partial charge >= 0.3 is 0 Å². The van der Waals surface area contributed by atoms with Gasteiger partial charge in [0.25, 0.3) is 5.91 Å². The van der Waals surface area contributed by atoms with Gasteiger partial charge in [0.1, 0.15) is 12.1 Å². The van der Waals surface area contributed by atoms with Crippen molar-refractivity contribution < 1.29 is 9.18 Å². The summed E-state index contributed by atoms with van der Waals surface area (Å²) in [5.41, 5.74) is 1.71. The Hall–Kier alpha value is -3.08. The number of rotatable bonds is 3. The van der Waals surface area contributed by atoms with E-state index in [-0.39, 0.29) is 11.3 Å². The highest BCUT2D eigenvalue weighted by Crippen LogP contribution is 2.21. The number of nitrogens with zero attached hydrogens (tertiary/aromatic N) is 2. The largest absolute Gasteiger partial charge is 0.319 e. The molecule has 0 aliphatic carbocycles. The summed E-state index contributed by atoms with van der Waals surface area (Å²) >= 11 is 0. The van der Waals surface area contributed by atoms with Gasteiger partial charge in [0.15, 0.2) is 0 Å². The van der Waals surface area contributed by atoms with Crippen LogP contribution < -0.4 is 5.32 Å². The molecule has 0 bridgehead atoms. The molecule has 0 saturated heterocycles. The lowest BCUT2D eigenvalue weighted by Gasteiger charge is -2.09. The lowest BCUT2D eigenvalue weighted by Crippen LogP contribution is -2.15. The molecule has 4 nitrogen and oxygen atoms in total. The maximum absolute atomic E-state index is 13.6. The first kappa shape index (κ1) is 13.9.